The van der Waals surface area contributed by atoms with Gasteiger partial charge >= 0.3 is 0 Å². The zero-order valence-corrected chi connectivity index (χ0v) is 25.5. The minimum atomic E-state index is -3.72. The summed E-state index contributed by atoms with van der Waals surface area (Å²) in [7, 11) is -1.99. The Labute approximate surface area is 244 Å². The predicted octanol–water partition coefficient (Wildman–Crippen LogP) is 5.50. The van der Waals surface area contributed by atoms with Crippen molar-refractivity contribution in [1.82, 2.24) is 9.21 Å². The number of rotatable bonds is 7. The number of hydrogen-bond donors (Lipinski definition) is 1. The van der Waals surface area contributed by atoms with Crippen LogP contribution < -0.4 is 5.32 Å². The molecular weight excluding hydrogens is 534 g/mol. The number of nitrogens with zero attached hydrogens (tertiary/aromatic N) is 2. The second-order valence-electron chi connectivity index (χ2n) is 11.5. The minimum Gasteiger partial charge on any atom is -0.383 e. The van der Waals surface area contributed by atoms with Gasteiger partial charge in [-0.2, -0.15) is 4.31 Å². The van der Waals surface area contributed by atoms with Crippen LogP contribution in [0.5, 0.6) is 0 Å². The maximum absolute atomic E-state index is 14.0. The van der Waals surface area contributed by atoms with Gasteiger partial charge in [-0.05, 0) is 91.7 Å². The Morgan fingerprint density at radius 2 is 1.71 bits per heavy atom. The Balaban J connectivity index is 1.43. The van der Waals surface area contributed by atoms with E-state index in [1.807, 2.05) is 0 Å². The number of sulfonamides is 1. The molecule has 2 saturated heterocycles. The molecule has 3 aromatic rings. The van der Waals surface area contributed by atoms with Crippen molar-refractivity contribution in [1.29, 1.82) is 0 Å². The fraction of sp³-hybridized carbons (Fsp3) is 0.424. The van der Waals surface area contributed by atoms with Crippen molar-refractivity contribution in [3.05, 3.63) is 82.9 Å². The van der Waals surface area contributed by atoms with Gasteiger partial charge in [0, 0.05) is 50.8 Å². The third-order valence-corrected chi connectivity index (χ3v) is 10.8. The van der Waals surface area contributed by atoms with Gasteiger partial charge in [-0.25, -0.2) is 8.42 Å². The minimum absolute atomic E-state index is 0.0655. The summed E-state index contributed by atoms with van der Waals surface area (Å²) >= 11 is 0. The van der Waals surface area contributed by atoms with Crippen molar-refractivity contribution in [2.75, 3.05) is 38.7 Å². The van der Waals surface area contributed by atoms with Crippen molar-refractivity contribution < 1.29 is 17.9 Å². The number of methoxy groups -OCH3 is 1. The van der Waals surface area contributed by atoms with E-state index in [-0.39, 0.29) is 23.9 Å². The molecule has 7 nitrogen and oxygen atoms in total. The highest BCUT2D eigenvalue weighted by atomic mass is 32.2. The summed E-state index contributed by atoms with van der Waals surface area (Å²) < 4.78 is 35.3. The maximum atomic E-state index is 14.0. The second-order valence-corrected chi connectivity index (χ2v) is 13.4. The van der Waals surface area contributed by atoms with E-state index >= 15 is 0 Å². The first-order valence-corrected chi connectivity index (χ1v) is 15.9. The first-order valence-electron chi connectivity index (χ1n) is 14.4. The van der Waals surface area contributed by atoms with Crippen LogP contribution in [0.25, 0.3) is 11.1 Å². The van der Waals surface area contributed by atoms with E-state index in [4.69, 9.17) is 4.74 Å². The number of nitrogens with one attached hydrogen (secondary N) is 1. The molecule has 0 bridgehead atoms. The van der Waals surface area contributed by atoms with Crippen LogP contribution >= 0.6 is 0 Å². The van der Waals surface area contributed by atoms with Gasteiger partial charge in [0.25, 0.3) is 0 Å². The fourth-order valence-electron chi connectivity index (χ4n) is 6.59. The maximum Gasteiger partial charge on any atom is 0.243 e. The van der Waals surface area contributed by atoms with Gasteiger partial charge in [0.15, 0.2) is 0 Å². The number of benzene rings is 3. The van der Waals surface area contributed by atoms with Crippen molar-refractivity contribution >= 4 is 21.6 Å². The van der Waals surface area contributed by atoms with E-state index in [1.54, 1.807) is 36.5 Å². The summed E-state index contributed by atoms with van der Waals surface area (Å²) in [5, 5.41) is 2.74. The summed E-state index contributed by atoms with van der Waals surface area (Å²) in [6.45, 7) is 9.99. The zero-order valence-electron chi connectivity index (χ0n) is 24.7. The molecule has 3 atom stereocenters. The number of ether oxygens (including phenoxy) is 1. The van der Waals surface area contributed by atoms with Crippen LogP contribution in [0.15, 0.2) is 65.6 Å². The quantitative estimate of drug-likeness (QED) is 0.402. The first-order chi connectivity index (χ1) is 19.6. The normalized spacial score (nSPS) is 21.8. The highest BCUT2D eigenvalue weighted by Gasteiger charge is 2.50. The Kier molecular flexibility index (Phi) is 8.66. The molecule has 2 heterocycles. The SMILES string of the molecule is COC[C@@H]1C(c2ccc(-c3cccc(C)c3C)cc2)[C@@H]2CN(S(=O)(=O)c3ccc(NC(C)=O)cc3C)CCCCN12. The van der Waals surface area contributed by atoms with Crippen LogP contribution in [0.2, 0.25) is 0 Å². The van der Waals surface area contributed by atoms with Crippen LogP contribution in [0, 0.1) is 20.8 Å². The van der Waals surface area contributed by atoms with Crippen molar-refractivity contribution in [3.63, 3.8) is 0 Å². The lowest BCUT2D eigenvalue weighted by molar-refractivity contribution is -0.114. The monoisotopic (exact) mass is 575 g/mol. The Hall–Kier alpha value is -3.04. The van der Waals surface area contributed by atoms with E-state index in [2.05, 4.69) is 66.5 Å². The van der Waals surface area contributed by atoms with Crippen molar-refractivity contribution in [2.45, 2.75) is 63.4 Å². The van der Waals surface area contributed by atoms with Gasteiger partial charge in [-0.1, -0.05) is 42.5 Å². The summed E-state index contributed by atoms with van der Waals surface area (Å²) in [6, 6.07) is 20.5. The molecule has 1 amide bonds. The number of fused-ring (bicyclic) bond motifs is 1. The summed E-state index contributed by atoms with van der Waals surface area (Å²) in [5.74, 6) is -0.0193. The molecule has 2 aliphatic heterocycles. The zero-order chi connectivity index (χ0) is 29.3. The number of amides is 1. The number of carbonyl (C=O) groups is 1. The number of anilines is 1. The molecule has 0 saturated carbocycles. The third-order valence-electron chi connectivity index (χ3n) is 8.81. The Morgan fingerprint density at radius 1 is 0.976 bits per heavy atom. The molecule has 41 heavy (non-hydrogen) atoms. The Morgan fingerprint density at radius 3 is 2.39 bits per heavy atom. The Bertz CT molecular complexity index is 1520. The van der Waals surface area contributed by atoms with Gasteiger partial charge in [0.2, 0.25) is 15.9 Å². The number of aryl methyl sites for hydroxylation is 2. The second kappa shape index (κ2) is 12.1. The van der Waals surface area contributed by atoms with Crippen LogP contribution in [0.3, 0.4) is 0 Å². The molecule has 218 valence electrons. The molecule has 0 radical (unpaired) electrons. The molecule has 3 aromatic carbocycles. The van der Waals surface area contributed by atoms with E-state index in [0.29, 0.717) is 35.8 Å². The summed E-state index contributed by atoms with van der Waals surface area (Å²) in [4.78, 5) is 14.2. The van der Waals surface area contributed by atoms with Gasteiger partial charge in [0.1, 0.15) is 0 Å². The van der Waals surface area contributed by atoms with Crippen LogP contribution in [0.4, 0.5) is 5.69 Å². The molecule has 2 aliphatic rings. The highest BCUT2D eigenvalue weighted by molar-refractivity contribution is 7.89. The molecule has 5 rings (SSSR count). The molecule has 1 N–H and O–H groups in total. The molecule has 8 heteroatoms. The number of hydrogen-bond acceptors (Lipinski definition) is 5. The van der Waals surface area contributed by atoms with Gasteiger partial charge in [-0.15, -0.1) is 0 Å². The first kappa shape index (κ1) is 29.5. The van der Waals surface area contributed by atoms with Crippen LogP contribution in [-0.4, -0.2) is 69.0 Å². The lowest BCUT2D eigenvalue weighted by atomic mass is 9.74. The van der Waals surface area contributed by atoms with E-state index in [1.165, 1.54) is 34.7 Å². The average molecular weight is 576 g/mol. The fourth-order valence-corrected chi connectivity index (χ4v) is 8.29. The molecule has 0 aromatic heterocycles. The molecular formula is C33H41N3O4S. The van der Waals surface area contributed by atoms with Crippen molar-refractivity contribution in [3.8, 4) is 11.1 Å². The van der Waals surface area contributed by atoms with E-state index in [0.717, 1.165) is 19.4 Å². The molecule has 0 aliphatic carbocycles. The van der Waals surface area contributed by atoms with Gasteiger partial charge in [-0.3, -0.25) is 9.69 Å². The summed E-state index contributed by atoms with van der Waals surface area (Å²) in [6.07, 6.45) is 1.74. The van der Waals surface area contributed by atoms with Crippen LogP contribution in [0.1, 0.15) is 47.9 Å². The standard InChI is InChI=1S/C33H41N3O4S/c1-22-9-8-10-29(24(22)3)26-11-13-27(14-12-26)33-30-20-35(17-6-7-18-36(30)31(33)21-40-5)41(38,39)32-16-15-28(19-23(32)2)34-25(4)37/h8-16,19,30-31,33H,6-7,17-18,20-21H2,1-5H3,(H,34,37)/t30-,31+,33?/m0/s1. The lowest BCUT2D eigenvalue weighted by Crippen LogP contribution is -2.68. The van der Waals surface area contributed by atoms with E-state index in [9.17, 15) is 13.2 Å². The average Bonchev–Trinajstić information content (AvgIpc) is 2.91. The topological polar surface area (TPSA) is 79.0 Å². The third kappa shape index (κ3) is 5.84. The van der Waals surface area contributed by atoms with E-state index < -0.39 is 10.0 Å². The van der Waals surface area contributed by atoms with Crippen LogP contribution in [-0.2, 0) is 19.6 Å². The lowest BCUT2D eigenvalue weighted by Gasteiger charge is -2.57. The smallest absolute Gasteiger partial charge is 0.243 e. The van der Waals surface area contributed by atoms with Crippen molar-refractivity contribution in [2.24, 2.45) is 0 Å². The predicted molar refractivity (Wildman–Crippen MR) is 164 cm³/mol. The molecule has 2 fully saturated rings. The molecule has 1 unspecified atom stereocenters. The molecule has 0 spiro atoms. The number of carbonyl (C=O) groups excluding carboxylic acids is 1. The van der Waals surface area contributed by atoms with Gasteiger partial charge in [0.05, 0.1) is 11.5 Å². The van der Waals surface area contributed by atoms with Gasteiger partial charge < -0.3 is 10.1 Å². The summed E-state index contributed by atoms with van der Waals surface area (Å²) in [5.41, 5.74) is 7.43. The highest BCUT2D eigenvalue weighted by Crippen LogP contribution is 2.43. The largest absolute Gasteiger partial charge is 0.383 e.